The number of aromatic nitrogens is 10. The van der Waals surface area contributed by atoms with Crippen molar-refractivity contribution in [2.45, 2.75) is 89.8 Å². The van der Waals surface area contributed by atoms with Crippen LogP contribution in [-0.4, -0.2) is 94.5 Å². The van der Waals surface area contributed by atoms with E-state index in [2.05, 4.69) is 61.4 Å². The molecule has 6 heterocycles. The van der Waals surface area contributed by atoms with E-state index < -0.39 is 60.9 Å². The lowest BCUT2D eigenvalue weighted by Crippen LogP contribution is -2.48. The van der Waals surface area contributed by atoms with Gasteiger partial charge < -0.3 is 33.8 Å². The Hall–Kier alpha value is -6.20. The van der Waals surface area contributed by atoms with E-state index in [1.165, 1.54) is 12.8 Å². The highest BCUT2D eigenvalue weighted by Crippen LogP contribution is 2.45. The lowest BCUT2D eigenvalue weighted by Gasteiger charge is -2.36. The SMILES string of the molecule is Cc1nnc(N2CC3CCC(C2)C3Cc2nc(Oc3ccc(C(F)(F)F)cc3)n(CC(F)(F)F)n2)o1.Cc1nnc(N2CC3CCC(C2)C3N)o1.FC(F)(F)Cn1nc(Br)nc1Oc1ccc(C(F)(F)F)cc1. The number of hydrogen-bond donors (Lipinski definition) is 1. The van der Waals surface area contributed by atoms with Crippen molar-refractivity contribution in [2.75, 3.05) is 36.0 Å². The van der Waals surface area contributed by atoms with Crippen LogP contribution < -0.4 is 25.0 Å². The van der Waals surface area contributed by atoms with Gasteiger partial charge in [-0.15, -0.1) is 15.3 Å². The molecule has 396 valence electrons. The lowest BCUT2D eigenvalue weighted by atomic mass is 9.82. The van der Waals surface area contributed by atoms with Gasteiger partial charge in [-0.25, -0.2) is 9.36 Å². The topological polar surface area (TPSA) is 190 Å². The van der Waals surface area contributed by atoms with Crippen LogP contribution in [0.2, 0.25) is 0 Å². The van der Waals surface area contributed by atoms with Crippen molar-refractivity contribution < 1.29 is 71.0 Å². The molecule has 6 aromatic rings. The number of halogens is 13. The fourth-order valence-corrected chi connectivity index (χ4v) is 9.72. The smallest absolute Gasteiger partial charge is 0.416 e. The van der Waals surface area contributed by atoms with E-state index in [1.54, 1.807) is 6.92 Å². The molecule has 2 aromatic carbocycles. The van der Waals surface area contributed by atoms with Gasteiger partial charge in [0.2, 0.25) is 16.5 Å². The summed E-state index contributed by atoms with van der Waals surface area (Å²) in [6.07, 6.45) is -13.4. The fraction of sp³-hybridized carbons (Fsp3) is 0.535. The molecule has 0 radical (unpaired) electrons. The molecule has 2 N–H and O–H groups in total. The van der Waals surface area contributed by atoms with Gasteiger partial charge in [0.05, 0.1) is 11.1 Å². The summed E-state index contributed by atoms with van der Waals surface area (Å²) in [5.74, 6) is 3.01. The number of alkyl halides is 12. The minimum Gasteiger partial charge on any atom is -0.424 e. The Bertz CT molecular complexity index is 2750. The van der Waals surface area contributed by atoms with Gasteiger partial charge in [-0.05, 0) is 120 Å². The first-order valence-corrected chi connectivity index (χ1v) is 23.3. The summed E-state index contributed by atoms with van der Waals surface area (Å²) >= 11 is 2.80. The quantitative estimate of drug-likeness (QED) is 0.127. The van der Waals surface area contributed by atoms with Crippen molar-refractivity contribution in [2.24, 2.45) is 35.3 Å². The van der Waals surface area contributed by atoms with Gasteiger partial charge in [-0.3, -0.25) is 0 Å². The maximum atomic E-state index is 13.2. The van der Waals surface area contributed by atoms with Gasteiger partial charge in [0.15, 0.2) is 5.82 Å². The van der Waals surface area contributed by atoms with E-state index in [0.29, 0.717) is 70.6 Å². The average Bonchev–Trinajstić information content (AvgIpc) is 4.14. The number of nitrogens with two attached hydrogens (primary N) is 1. The zero-order valence-corrected chi connectivity index (χ0v) is 39.9. The molecule has 0 spiro atoms. The van der Waals surface area contributed by atoms with Crippen LogP contribution in [0.15, 0.2) is 62.1 Å². The summed E-state index contributed by atoms with van der Waals surface area (Å²) in [4.78, 5) is 12.0. The Morgan fingerprint density at radius 3 is 1.37 bits per heavy atom. The van der Waals surface area contributed by atoms with Crippen LogP contribution >= 0.6 is 15.9 Å². The molecule has 2 saturated carbocycles. The molecule has 4 fully saturated rings. The second-order valence-electron chi connectivity index (χ2n) is 17.9. The molecule has 2 aliphatic carbocycles. The number of aryl methyl sites for hydroxylation is 2. The third kappa shape index (κ3) is 13.7. The Kier molecular flexibility index (Phi) is 15.3. The van der Waals surface area contributed by atoms with Crippen LogP contribution in [0.3, 0.4) is 0 Å². The highest BCUT2D eigenvalue weighted by molar-refractivity contribution is 9.10. The number of piperidine rings is 2. The first-order valence-electron chi connectivity index (χ1n) is 22.5. The molecule has 4 atom stereocenters. The number of benzene rings is 2. The molecule has 2 saturated heterocycles. The van der Waals surface area contributed by atoms with Crippen molar-refractivity contribution in [3.8, 4) is 23.5 Å². The largest absolute Gasteiger partial charge is 0.424 e. The van der Waals surface area contributed by atoms with Crippen molar-refractivity contribution in [3.63, 3.8) is 0 Å². The molecule has 4 aromatic heterocycles. The third-order valence-electron chi connectivity index (χ3n) is 12.7. The average molecular weight is 1110 g/mol. The first-order chi connectivity index (χ1) is 34.2. The first kappa shape index (κ1) is 53.1. The predicted octanol–water partition coefficient (Wildman–Crippen LogP) is 10.0. The van der Waals surface area contributed by atoms with Crippen LogP contribution in [0, 0.1) is 43.4 Å². The molecule has 73 heavy (non-hydrogen) atoms. The monoisotopic (exact) mass is 1110 g/mol. The summed E-state index contributed by atoms with van der Waals surface area (Å²) in [6.45, 7) is 3.96. The third-order valence-corrected chi connectivity index (χ3v) is 13.0. The minimum absolute atomic E-state index is 0.0754. The van der Waals surface area contributed by atoms with Crippen molar-refractivity contribution >= 4 is 28.0 Å². The Morgan fingerprint density at radius 2 is 0.973 bits per heavy atom. The summed E-state index contributed by atoms with van der Waals surface area (Å²) in [5, 5.41) is 23.4. The molecular formula is C43H44BrF12N13O4. The van der Waals surface area contributed by atoms with E-state index in [1.807, 2.05) is 11.8 Å². The number of ether oxygens (including phenoxy) is 2. The summed E-state index contributed by atoms with van der Waals surface area (Å²) in [6, 6.07) is 7.67. The molecule has 4 unspecified atom stereocenters. The molecule has 10 rings (SSSR count). The van der Waals surface area contributed by atoms with Crippen molar-refractivity contribution in [1.82, 2.24) is 49.9 Å². The summed E-state index contributed by atoms with van der Waals surface area (Å²) in [7, 11) is 0. The normalized spacial score (nSPS) is 21.9. The number of hydrogen-bond acceptors (Lipinski definition) is 15. The van der Waals surface area contributed by atoms with Gasteiger partial charge in [0.1, 0.15) is 24.6 Å². The Balaban J connectivity index is 0.000000162. The maximum Gasteiger partial charge on any atom is 0.416 e. The standard InChI is InChI=1S/C22H22F6N6O2.C11H6BrF6N3O.C10H16N4O/c1-12-30-31-20(35-12)33-9-13-2-3-14(10-33)17(13)8-18-29-19(34(32-18)11-21(23,24)25)36-16-6-4-15(5-7-16)22(26,27)28;12-8-19-9(21(20-8)5-10(13,14)15)22-7-3-1-6(2-4-7)11(16,17)18;1-6-12-13-10(15-6)14-4-7-2-3-8(5-14)9(7)11/h4-7,13-14,17H,2-3,8-11H2,1H3;1-4H,5H2;7-9H,2-5,11H2,1H3. The predicted molar refractivity (Wildman–Crippen MR) is 233 cm³/mol. The molecule has 4 aliphatic rings. The number of rotatable bonds is 10. The van der Waals surface area contributed by atoms with Gasteiger partial charge in [0, 0.05) is 52.5 Å². The van der Waals surface area contributed by atoms with E-state index in [-0.39, 0.29) is 39.8 Å². The van der Waals surface area contributed by atoms with Crippen molar-refractivity contribution in [1.29, 1.82) is 0 Å². The number of anilines is 2. The zero-order chi connectivity index (χ0) is 52.6. The molecule has 17 nitrogen and oxygen atoms in total. The molecule has 30 heteroatoms. The Morgan fingerprint density at radius 1 is 0.575 bits per heavy atom. The van der Waals surface area contributed by atoms with Gasteiger partial charge >= 0.3 is 48.8 Å². The Labute approximate surface area is 414 Å². The van der Waals surface area contributed by atoms with Crippen LogP contribution in [-0.2, 0) is 31.9 Å². The molecule has 0 amide bonds. The summed E-state index contributed by atoms with van der Waals surface area (Å²) < 4.78 is 175. The second-order valence-corrected chi connectivity index (χ2v) is 18.6. The maximum absolute atomic E-state index is 13.2. The van der Waals surface area contributed by atoms with Gasteiger partial charge in [-0.1, -0.05) is 10.2 Å². The molecular weight excluding hydrogens is 1070 g/mol. The summed E-state index contributed by atoms with van der Waals surface area (Å²) in [5.41, 5.74) is 4.33. The van der Waals surface area contributed by atoms with Crippen LogP contribution in [0.4, 0.5) is 64.7 Å². The van der Waals surface area contributed by atoms with Crippen LogP contribution in [0.1, 0.15) is 54.4 Å². The van der Waals surface area contributed by atoms with E-state index in [4.69, 9.17) is 24.0 Å². The van der Waals surface area contributed by atoms with E-state index in [0.717, 1.165) is 74.5 Å². The van der Waals surface area contributed by atoms with Crippen LogP contribution in [0.5, 0.6) is 23.5 Å². The van der Waals surface area contributed by atoms with Gasteiger partial charge in [0.25, 0.3) is 0 Å². The molecule has 2 aliphatic heterocycles. The highest BCUT2D eigenvalue weighted by atomic mass is 79.9. The fourth-order valence-electron chi connectivity index (χ4n) is 9.38. The second kappa shape index (κ2) is 21.0. The van der Waals surface area contributed by atoms with E-state index >= 15 is 0 Å². The van der Waals surface area contributed by atoms with E-state index in [9.17, 15) is 52.7 Å². The minimum atomic E-state index is -4.59. The van der Waals surface area contributed by atoms with Gasteiger partial charge in [-0.2, -0.15) is 67.8 Å². The van der Waals surface area contributed by atoms with Crippen molar-refractivity contribution in [3.05, 3.63) is 82.0 Å². The lowest BCUT2D eigenvalue weighted by molar-refractivity contribution is -0.144. The number of fused-ring (bicyclic) bond motifs is 4. The molecule has 4 bridgehead atoms. The zero-order valence-electron chi connectivity index (χ0n) is 38.4. The number of nitrogens with zero attached hydrogens (tertiary/aromatic N) is 12. The highest BCUT2D eigenvalue weighted by Gasteiger charge is 2.45. The van der Waals surface area contributed by atoms with Crippen LogP contribution in [0.25, 0.3) is 0 Å².